The summed E-state index contributed by atoms with van der Waals surface area (Å²) in [4.78, 5) is 8.47. The number of fused-ring (bicyclic) bond motifs is 1. The molecule has 17 heavy (non-hydrogen) atoms. The van der Waals surface area contributed by atoms with Crippen LogP contribution < -0.4 is 10.6 Å². The van der Waals surface area contributed by atoms with Gasteiger partial charge < -0.3 is 10.6 Å². The average Bonchev–Trinajstić information content (AvgIpc) is 2.73. The van der Waals surface area contributed by atoms with Gasteiger partial charge in [-0.2, -0.15) is 0 Å². The number of anilines is 1. The molecular formula is C13H23N3S. The maximum Gasteiger partial charge on any atom is 0.185 e. The summed E-state index contributed by atoms with van der Waals surface area (Å²) in [5, 5.41) is 1.15. The van der Waals surface area contributed by atoms with Crippen LogP contribution in [0, 0.1) is 0 Å². The zero-order valence-corrected chi connectivity index (χ0v) is 11.9. The maximum atomic E-state index is 6.12. The van der Waals surface area contributed by atoms with Gasteiger partial charge in [0, 0.05) is 24.0 Å². The molecule has 0 amide bonds. The Labute approximate surface area is 108 Å². The van der Waals surface area contributed by atoms with E-state index < -0.39 is 0 Å². The van der Waals surface area contributed by atoms with Crippen LogP contribution in [0.2, 0.25) is 0 Å². The third-order valence-electron chi connectivity index (χ3n) is 3.66. The van der Waals surface area contributed by atoms with Gasteiger partial charge in [-0.25, -0.2) is 4.98 Å². The van der Waals surface area contributed by atoms with E-state index in [1.165, 1.54) is 24.1 Å². The largest absolute Gasteiger partial charge is 0.348 e. The molecule has 1 aromatic heterocycles. The van der Waals surface area contributed by atoms with E-state index in [4.69, 9.17) is 10.7 Å². The first-order chi connectivity index (χ1) is 8.13. The Balaban J connectivity index is 2.17. The minimum atomic E-state index is 0.165. The number of nitrogens with zero attached hydrogens (tertiary/aromatic N) is 2. The molecule has 1 aliphatic carbocycles. The number of aromatic nitrogens is 1. The van der Waals surface area contributed by atoms with Gasteiger partial charge in [-0.05, 0) is 32.6 Å². The Morgan fingerprint density at radius 3 is 3.00 bits per heavy atom. The monoisotopic (exact) mass is 253 g/mol. The van der Waals surface area contributed by atoms with Crippen LogP contribution in [0.1, 0.15) is 56.1 Å². The van der Waals surface area contributed by atoms with Gasteiger partial charge in [0.2, 0.25) is 0 Å². The smallest absolute Gasteiger partial charge is 0.185 e. The molecule has 0 saturated carbocycles. The van der Waals surface area contributed by atoms with E-state index in [-0.39, 0.29) is 6.04 Å². The van der Waals surface area contributed by atoms with Crippen molar-refractivity contribution in [3.8, 4) is 0 Å². The number of hydrogen-bond donors (Lipinski definition) is 1. The zero-order valence-electron chi connectivity index (χ0n) is 11.1. The molecule has 1 aliphatic rings. The standard InChI is InChI=1S/C13H23N3S/c1-4-6-9(2)16(3)13-15-12-10(14)7-5-8-11(12)17-13/h9-10H,4-8,14H2,1-3H3. The third kappa shape index (κ3) is 2.63. The van der Waals surface area contributed by atoms with Gasteiger partial charge >= 0.3 is 0 Å². The van der Waals surface area contributed by atoms with Gasteiger partial charge in [-0.15, -0.1) is 11.3 Å². The fraction of sp³-hybridized carbons (Fsp3) is 0.769. The molecular weight excluding hydrogens is 230 g/mol. The van der Waals surface area contributed by atoms with Crippen LogP contribution in [-0.2, 0) is 6.42 Å². The molecule has 0 bridgehead atoms. The molecule has 2 rings (SSSR count). The van der Waals surface area contributed by atoms with Crippen molar-refractivity contribution >= 4 is 16.5 Å². The molecule has 96 valence electrons. The molecule has 2 N–H and O–H groups in total. The van der Waals surface area contributed by atoms with Crippen molar-refractivity contribution in [3.63, 3.8) is 0 Å². The lowest BCUT2D eigenvalue weighted by atomic mass is 9.99. The van der Waals surface area contributed by atoms with E-state index in [1.54, 1.807) is 0 Å². The molecule has 2 atom stereocenters. The van der Waals surface area contributed by atoms with Crippen LogP contribution in [-0.4, -0.2) is 18.1 Å². The first-order valence-corrected chi connectivity index (χ1v) is 7.43. The van der Waals surface area contributed by atoms with Crippen molar-refractivity contribution in [3.05, 3.63) is 10.6 Å². The summed E-state index contributed by atoms with van der Waals surface area (Å²) < 4.78 is 0. The lowest BCUT2D eigenvalue weighted by Crippen LogP contribution is -2.28. The lowest BCUT2D eigenvalue weighted by molar-refractivity contribution is 0.561. The van der Waals surface area contributed by atoms with Gasteiger partial charge in [-0.3, -0.25) is 0 Å². The summed E-state index contributed by atoms with van der Waals surface area (Å²) in [6, 6.07) is 0.724. The quantitative estimate of drug-likeness (QED) is 0.896. The third-order valence-corrected chi connectivity index (χ3v) is 4.88. The molecule has 1 heterocycles. The summed E-state index contributed by atoms with van der Waals surface area (Å²) in [6.07, 6.45) is 5.90. The van der Waals surface area contributed by atoms with Crippen molar-refractivity contribution < 1.29 is 0 Å². The highest BCUT2D eigenvalue weighted by Gasteiger charge is 2.23. The lowest BCUT2D eigenvalue weighted by Gasteiger charge is -2.23. The molecule has 1 aromatic rings. The van der Waals surface area contributed by atoms with Gasteiger partial charge in [0.25, 0.3) is 0 Å². The number of thiazole rings is 1. The van der Waals surface area contributed by atoms with Gasteiger partial charge in [0.1, 0.15) is 0 Å². The predicted octanol–water partition coefficient (Wildman–Crippen LogP) is 3.10. The molecule has 0 fully saturated rings. The van der Waals surface area contributed by atoms with Crippen molar-refractivity contribution in [2.75, 3.05) is 11.9 Å². The zero-order chi connectivity index (χ0) is 12.4. The topological polar surface area (TPSA) is 42.2 Å². The average molecular weight is 253 g/mol. The highest BCUT2D eigenvalue weighted by atomic mass is 32.1. The Morgan fingerprint density at radius 1 is 1.59 bits per heavy atom. The Kier molecular flexibility index (Phi) is 4.05. The van der Waals surface area contributed by atoms with E-state index in [0.29, 0.717) is 6.04 Å². The van der Waals surface area contributed by atoms with Crippen molar-refractivity contribution in [1.82, 2.24) is 4.98 Å². The number of nitrogens with two attached hydrogens (primary N) is 1. The normalized spacial score (nSPS) is 21.1. The van der Waals surface area contributed by atoms with Crippen LogP contribution >= 0.6 is 11.3 Å². The molecule has 0 saturated heterocycles. The predicted molar refractivity (Wildman–Crippen MR) is 74.8 cm³/mol. The minimum absolute atomic E-state index is 0.165. The summed E-state index contributed by atoms with van der Waals surface area (Å²) in [5.41, 5.74) is 7.28. The minimum Gasteiger partial charge on any atom is -0.348 e. The highest BCUT2D eigenvalue weighted by Crippen LogP contribution is 2.35. The summed E-state index contributed by atoms with van der Waals surface area (Å²) in [6.45, 7) is 4.50. The summed E-state index contributed by atoms with van der Waals surface area (Å²) in [5.74, 6) is 0. The second-order valence-electron chi connectivity index (χ2n) is 5.05. The number of rotatable bonds is 4. The van der Waals surface area contributed by atoms with E-state index in [1.807, 2.05) is 11.3 Å². The Bertz CT molecular complexity index is 375. The SMILES string of the molecule is CCCC(C)N(C)c1nc2c(s1)CCCC2N. The first kappa shape index (κ1) is 12.8. The fourth-order valence-corrected chi connectivity index (χ4v) is 3.63. The van der Waals surface area contributed by atoms with Crippen LogP contribution in [0.4, 0.5) is 5.13 Å². The fourth-order valence-electron chi connectivity index (χ4n) is 2.39. The number of aryl methyl sites for hydroxylation is 1. The Hall–Kier alpha value is -0.610. The maximum absolute atomic E-state index is 6.12. The van der Waals surface area contributed by atoms with E-state index in [9.17, 15) is 0 Å². The van der Waals surface area contributed by atoms with Crippen molar-refractivity contribution in [2.24, 2.45) is 5.73 Å². The number of hydrogen-bond acceptors (Lipinski definition) is 4. The van der Waals surface area contributed by atoms with Gasteiger partial charge in [-0.1, -0.05) is 13.3 Å². The summed E-state index contributed by atoms with van der Waals surface area (Å²) >= 11 is 1.84. The van der Waals surface area contributed by atoms with E-state index in [0.717, 1.165) is 23.7 Å². The highest BCUT2D eigenvalue weighted by molar-refractivity contribution is 7.15. The Morgan fingerprint density at radius 2 is 2.35 bits per heavy atom. The van der Waals surface area contributed by atoms with E-state index >= 15 is 0 Å². The molecule has 0 aliphatic heterocycles. The molecule has 0 aromatic carbocycles. The van der Waals surface area contributed by atoms with Gasteiger partial charge in [0.05, 0.1) is 5.69 Å². The van der Waals surface area contributed by atoms with Gasteiger partial charge in [0.15, 0.2) is 5.13 Å². The van der Waals surface area contributed by atoms with Crippen LogP contribution in [0.3, 0.4) is 0 Å². The molecule has 0 radical (unpaired) electrons. The van der Waals surface area contributed by atoms with Crippen LogP contribution in [0.15, 0.2) is 0 Å². The molecule has 0 spiro atoms. The second-order valence-corrected chi connectivity index (χ2v) is 6.11. The van der Waals surface area contributed by atoms with Crippen LogP contribution in [0.5, 0.6) is 0 Å². The van der Waals surface area contributed by atoms with Crippen molar-refractivity contribution in [2.45, 2.75) is 58.0 Å². The van der Waals surface area contributed by atoms with E-state index in [2.05, 4.69) is 25.8 Å². The van der Waals surface area contributed by atoms with Crippen LogP contribution in [0.25, 0.3) is 0 Å². The first-order valence-electron chi connectivity index (χ1n) is 6.61. The molecule has 3 nitrogen and oxygen atoms in total. The molecule has 2 unspecified atom stereocenters. The van der Waals surface area contributed by atoms with Crippen molar-refractivity contribution in [1.29, 1.82) is 0 Å². The molecule has 4 heteroatoms. The second kappa shape index (κ2) is 5.36. The summed E-state index contributed by atoms with van der Waals surface area (Å²) in [7, 11) is 2.15.